The largest absolute Gasteiger partial charge is 0.356 e. The minimum atomic E-state index is -2.37. The fourth-order valence-corrected chi connectivity index (χ4v) is 9.63. The molecule has 0 amide bonds. The molecule has 4 aromatic carbocycles. The van der Waals surface area contributed by atoms with Crippen molar-refractivity contribution in [2.75, 3.05) is 5.32 Å². The fourth-order valence-electron chi connectivity index (χ4n) is 4.48. The van der Waals surface area contributed by atoms with E-state index >= 15 is 0 Å². The van der Waals surface area contributed by atoms with Crippen LogP contribution in [0.2, 0.25) is 0 Å². The van der Waals surface area contributed by atoms with E-state index in [1.54, 1.807) is 0 Å². The summed E-state index contributed by atoms with van der Waals surface area (Å²) in [5.41, 5.74) is 3.77. The molecule has 1 N–H and O–H groups in total. The van der Waals surface area contributed by atoms with E-state index in [0.717, 1.165) is 0 Å². The van der Waals surface area contributed by atoms with Gasteiger partial charge >= 0.3 is 0 Å². The second-order valence-corrected chi connectivity index (χ2v) is 10.9. The summed E-state index contributed by atoms with van der Waals surface area (Å²) in [6, 6.07) is 37.9. The molecule has 4 aromatic rings. The summed E-state index contributed by atoms with van der Waals surface area (Å²) in [6.45, 7) is 2.19. The quantitative estimate of drug-likeness (QED) is 0.474. The average molecular weight is 364 g/mol. The molecule has 0 atom stereocenters. The van der Waals surface area contributed by atoms with E-state index in [2.05, 4.69) is 115 Å². The zero-order valence-corrected chi connectivity index (χ0v) is 16.3. The van der Waals surface area contributed by atoms with Gasteiger partial charge in [-0.1, -0.05) is 96.6 Å². The van der Waals surface area contributed by atoms with Gasteiger partial charge in [0.1, 0.15) is 0 Å². The van der Waals surface area contributed by atoms with E-state index in [0.29, 0.717) is 0 Å². The van der Waals surface area contributed by atoms with E-state index < -0.39 is 8.07 Å². The number of benzene rings is 4. The molecule has 130 valence electrons. The lowest BCUT2D eigenvalue weighted by atomic mass is 10.2. The Morgan fingerprint density at radius 3 is 1.74 bits per heavy atom. The lowest BCUT2D eigenvalue weighted by Gasteiger charge is -2.40. The Hall–Kier alpha value is -3.10. The molecule has 0 radical (unpaired) electrons. The summed E-state index contributed by atoms with van der Waals surface area (Å²) in [6.07, 6.45) is 0. The Kier molecular flexibility index (Phi) is 3.73. The third-order valence-electron chi connectivity index (χ3n) is 5.59. The van der Waals surface area contributed by atoms with Gasteiger partial charge in [0.05, 0.1) is 0 Å². The standard InChI is InChI=1S/C25H21NSi/c1-19-10-9-13-21(18-19)27(20-11-3-2-4-12-20)24-16-7-5-14-22(24)26-23-15-6-8-17-25(23)27/h2-18,26H,1H3. The minimum Gasteiger partial charge on any atom is -0.356 e. The summed E-state index contributed by atoms with van der Waals surface area (Å²) in [5, 5.41) is 9.41. The molecule has 0 fully saturated rings. The van der Waals surface area contributed by atoms with Crippen LogP contribution in [0.25, 0.3) is 0 Å². The smallest absolute Gasteiger partial charge is 0.183 e. The normalized spacial score (nSPS) is 14.0. The second kappa shape index (κ2) is 6.25. The Morgan fingerprint density at radius 1 is 0.556 bits per heavy atom. The van der Waals surface area contributed by atoms with Gasteiger partial charge in [0.15, 0.2) is 8.07 Å². The van der Waals surface area contributed by atoms with Crippen LogP contribution in [0.3, 0.4) is 0 Å². The van der Waals surface area contributed by atoms with Gasteiger partial charge < -0.3 is 5.32 Å². The molecule has 0 unspecified atom stereocenters. The van der Waals surface area contributed by atoms with Gasteiger partial charge in [0.25, 0.3) is 0 Å². The number of anilines is 2. The van der Waals surface area contributed by atoms with Gasteiger partial charge in [-0.3, -0.25) is 0 Å². The van der Waals surface area contributed by atoms with Crippen LogP contribution in [0.15, 0.2) is 103 Å². The van der Waals surface area contributed by atoms with Gasteiger partial charge in [-0.2, -0.15) is 0 Å². The monoisotopic (exact) mass is 363 g/mol. The lowest BCUT2D eigenvalue weighted by molar-refractivity contribution is 1.48. The predicted octanol–water partition coefficient (Wildman–Crippen LogP) is 3.43. The van der Waals surface area contributed by atoms with Crippen molar-refractivity contribution in [3.8, 4) is 0 Å². The Labute approximate surface area is 161 Å². The molecule has 2 heteroatoms. The molecule has 1 aliphatic rings. The molecule has 0 aliphatic carbocycles. The second-order valence-electron chi connectivity index (χ2n) is 7.20. The third kappa shape index (κ3) is 2.37. The first-order valence-corrected chi connectivity index (χ1v) is 11.4. The molecule has 1 nitrogen and oxygen atoms in total. The van der Waals surface area contributed by atoms with Crippen LogP contribution >= 0.6 is 0 Å². The van der Waals surface area contributed by atoms with Crippen molar-refractivity contribution in [3.05, 3.63) is 109 Å². The molecule has 0 saturated heterocycles. The van der Waals surface area contributed by atoms with Crippen molar-refractivity contribution in [1.82, 2.24) is 0 Å². The molecular weight excluding hydrogens is 342 g/mol. The molecule has 5 rings (SSSR count). The summed E-state index contributed by atoms with van der Waals surface area (Å²) in [5.74, 6) is 0. The van der Waals surface area contributed by atoms with Gasteiger partial charge in [-0.15, -0.1) is 0 Å². The first kappa shape index (κ1) is 16.1. The Bertz CT molecular complexity index is 1070. The van der Waals surface area contributed by atoms with Gasteiger partial charge in [0, 0.05) is 11.4 Å². The zero-order chi connectivity index (χ0) is 18.3. The number of rotatable bonds is 2. The first-order valence-electron chi connectivity index (χ1n) is 9.39. The van der Waals surface area contributed by atoms with Crippen LogP contribution in [-0.2, 0) is 0 Å². The highest BCUT2D eigenvalue weighted by Crippen LogP contribution is 2.25. The van der Waals surface area contributed by atoms with Crippen LogP contribution in [0.4, 0.5) is 11.4 Å². The number of hydrogen-bond donors (Lipinski definition) is 1. The van der Waals surface area contributed by atoms with Gasteiger partial charge in [-0.05, 0) is 39.8 Å². The number of nitrogens with one attached hydrogen (secondary N) is 1. The number of hydrogen-bond acceptors (Lipinski definition) is 1. The molecule has 0 saturated carbocycles. The van der Waals surface area contributed by atoms with Crippen molar-refractivity contribution < 1.29 is 0 Å². The number of aryl methyl sites for hydroxylation is 1. The van der Waals surface area contributed by atoms with E-state index in [4.69, 9.17) is 0 Å². The highest BCUT2D eigenvalue weighted by molar-refractivity contribution is 7.21. The van der Waals surface area contributed by atoms with Crippen molar-refractivity contribution in [2.24, 2.45) is 0 Å². The molecule has 0 aromatic heterocycles. The molecule has 0 bridgehead atoms. The SMILES string of the molecule is Cc1cccc([Si]2(c3ccccc3)c3ccccc3Nc3ccccc32)c1. The summed E-state index contributed by atoms with van der Waals surface area (Å²) in [7, 11) is -2.37. The van der Waals surface area contributed by atoms with Gasteiger partial charge in [0.2, 0.25) is 0 Å². The average Bonchev–Trinajstić information content (AvgIpc) is 2.72. The summed E-state index contributed by atoms with van der Waals surface area (Å²) >= 11 is 0. The molecule has 27 heavy (non-hydrogen) atoms. The number of para-hydroxylation sites is 2. The van der Waals surface area contributed by atoms with Crippen molar-refractivity contribution >= 4 is 40.2 Å². The minimum absolute atomic E-state index is 1.23. The van der Waals surface area contributed by atoms with E-state index in [1.165, 1.54) is 37.7 Å². The molecule has 0 spiro atoms. The maximum absolute atomic E-state index is 3.68. The maximum atomic E-state index is 3.68. The highest BCUT2D eigenvalue weighted by atomic mass is 28.3. The Morgan fingerprint density at radius 2 is 1.11 bits per heavy atom. The summed E-state index contributed by atoms with van der Waals surface area (Å²) < 4.78 is 0. The van der Waals surface area contributed by atoms with E-state index in [9.17, 15) is 0 Å². The fraction of sp³-hybridized carbons (Fsp3) is 0.0400. The maximum Gasteiger partial charge on any atom is 0.183 e. The molecule has 1 heterocycles. The topological polar surface area (TPSA) is 12.0 Å². The lowest BCUT2D eigenvalue weighted by Crippen LogP contribution is -2.76. The van der Waals surface area contributed by atoms with Crippen molar-refractivity contribution in [2.45, 2.75) is 6.92 Å². The predicted molar refractivity (Wildman–Crippen MR) is 118 cm³/mol. The molecular formula is C25H21NSi. The summed E-state index contributed by atoms with van der Waals surface area (Å²) in [4.78, 5) is 0. The van der Waals surface area contributed by atoms with Crippen LogP contribution < -0.4 is 26.1 Å². The molecule has 1 aliphatic heterocycles. The van der Waals surface area contributed by atoms with Crippen LogP contribution in [0.1, 0.15) is 5.56 Å². The highest BCUT2D eigenvalue weighted by Gasteiger charge is 2.46. The number of fused-ring (bicyclic) bond motifs is 2. The first-order chi connectivity index (χ1) is 13.3. The van der Waals surface area contributed by atoms with Gasteiger partial charge in [-0.25, -0.2) is 0 Å². The zero-order valence-electron chi connectivity index (χ0n) is 15.3. The van der Waals surface area contributed by atoms with Crippen LogP contribution in [0, 0.1) is 6.92 Å². The Balaban J connectivity index is 1.97. The van der Waals surface area contributed by atoms with E-state index in [1.807, 2.05) is 0 Å². The van der Waals surface area contributed by atoms with Crippen LogP contribution in [0.5, 0.6) is 0 Å². The van der Waals surface area contributed by atoms with E-state index in [-0.39, 0.29) is 0 Å². The van der Waals surface area contributed by atoms with Crippen LogP contribution in [-0.4, -0.2) is 8.07 Å². The third-order valence-corrected chi connectivity index (χ3v) is 10.5. The van der Waals surface area contributed by atoms with Crippen molar-refractivity contribution in [1.29, 1.82) is 0 Å². The van der Waals surface area contributed by atoms with Crippen molar-refractivity contribution in [3.63, 3.8) is 0 Å².